The van der Waals surface area contributed by atoms with Crippen LogP contribution in [0.1, 0.15) is 41.5 Å². The lowest BCUT2D eigenvalue weighted by atomic mass is 10.1. The quantitative estimate of drug-likeness (QED) is 0.671. The molecule has 1 rings (SSSR count). The number of rotatable bonds is 5. The van der Waals surface area contributed by atoms with Crippen molar-refractivity contribution in [2.75, 3.05) is 65.5 Å². The minimum absolute atomic E-state index is 0.250. The lowest BCUT2D eigenvalue weighted by molar-refractivity contribution is 0.0210. The molecule has 6 heteroatoms. The van der Waals surface area contributed by atoms with E-state index >= 15 is 0 Å². The molecule has 6 nitrogen and oxygen atoms in total. The Balaban J connectivity index is 0.00000163. The maximum absolute atomic E-state index is 10.1. The average molecular weight is 348 g/mol. The van der Waals surface area contributed by atoms with Gasteiger partial charge >= 0.3 is 0 Å². The predicted molar refractivity (Wildman–Crippen MR) is 100 cm³/mol. The molecule has 0 aromatic heterocycles. The zero-order valence-corrected chi connectivity index (χ0v) is 16.8. The van der Waals surface area contributed by atoms with Crippen LogP contribution < -0.4 is 0 Å². The van der Waals surface area contributed by atoms with Crippen molar-refractivity contribution in [3.63, 3.8) is 0 Å². The van der Waals surface area contributed by atoms with E-state index in [-0.39, 0.29) is 6.61 Å². The summed E-state index contributed by atoms with van der Waals surface area (Å²) < 4.78 is 0. The lowest BCUT2D eigenvalue weighted by Gasteiger charge is -2.32. The minimum Gasteiger partial charge on any atom is -0.397 e. The van der Waals surface area contributed by atoms with Gasteiger partial charge in [-0.25, -0.2) is 0 Å². The first kappa shape index (κ1) is 23.8. The number of β-amino-alcohol motifs (C(OH)–C–C–N with tert-alkyl or cyclic N) is 2. The molecule has 0 amide bonds. The van der Waals surface area contributed by atoms with Crippen molar-refractivity contribution < 1.29 is 15.3 Å². The molecule has 0 spiro atoms. The standard InChI is InChI=1S/C16H35N3O2.C2H6O/c1-6-17-7-9-18(13-15(2,3)20)11-12-19(10-8-17)14-16(4,5)21;1-2-3/h20-21H,6-14H2,1-5H3;3H,2H2,1H3. The Morgan fingerprint density at radius 3 is 1.12 bits per heavy atom. The summed E-state index contributed by atoms with van der Waals surface area (Å²) in [5.74, 6) is 0. The maximum Gasteiger partial charge on any atom is 0.0718 e. The van der Waals surface area contributed by atoms with Crippen LogP contribution in [-0.4, -0.2) is 107 Å². The van der Waals surface area contributed by atoms with E-state index in [2.05, 4.69) is 21.6 Å². The molecule has 24 heavy (non-hydrogen) atoms. The van der Waals surface area contributed by atoms with Crippen LogP contribution in [0.5, 0.6) is 0 Å². The van der Waals surface area contributed by atoms with E-state index < -0.39 is 11.2 Å². The first-order valence-corrected chi connectivity index (χ1v) is 9.23. The second-order valence-electron chi connectivity index (χ2n) is 7.93. The number of hydrogen-bond acceptors (Lipinski definition) is 6. The molecule has 0 unspecified atom stereocenters. The van der Waals surface area contributed by atoms with Crippen LogP contribution in [0, 0.1) is 0 Å². The fourth-order valence-electron chi connectivity index (χ4n) is 2.91. The summed E-state index contributed by atoms with van der Waals surface area (Å²) >= 11 is 0. The van der Waals surface area contributed by atoms with Gasteiger partial charge in [0.05, 0.1) is 11.2 Å². The van der Waals surface area contributed by atoms with Gasteiger partial charge in [-0.15, -0.1) is 0 Å². The van der Waals surface area contributed by atoms with E-state index in [0.717, 1.165) is 45.8 Å². The summed E-state index contributed by atoms with van der Waals surface area (Å²) in [5.41, 5.74) is -1.32. The Morgan fingerprint density at radius 1 is 0.667 bits per heavy atom. The van der Waals surface area contributed by atoms with Crippen molar-refractivity contribution in [1.29, 1.82) is 0 Å². The molecule has 0 aromatic carbocycles. The SMILES string of the molecule is CCN1CCN(CC(C)(C)O)CCN(CC(C)(C)O)CC1.CCO. The fourth-order valence-corrected chi connectivity index (χ4v) is 2.91. The fraction of sp³-hybridized carbons (Fsp3) is 1.00. The monoisotopic (exact) mass is 347 g/mol. The zero-order chi connectivity index (χ0) is 18.8. The zero-order valence-electron chi connectivity index (χ0n) is 16.8. The van der Waals surface area contributed by atoms with Gasteiger partial charge in [-0.3, -0.25) is 9.80 Å². The highest BCUT2D eigenvalue weighted by atomic mass is 16.3. The molecule has 1 aliphatic heterocycles. The van der Waals surface area contributed by atoms with Gasteiger partial charge in [0, 0.05) is 59.0 Å². The first-order chi connectivity index (χ1) is 11.0. The van der Waals surface area contributed by atoms with Crippen LogP contribution in [0.25, 0.3) is 0 Å². The molecule has 146 valence electrons. The van der Waals surface area contributed by atoms with Crippen LogP contribution >= 0.6 is 0 Å². The average Bonchev–Trinajstić information content (AvgIpc) is 2.49. The van der Waals surface area contributed by atoms with Crippen LogP contribution in [0.3, 0.4) is 0 Å². The molecule has 0 aromatic rings. The largest absolute Gasteiger partial charge is 0.397 e. The van der Waals surface area contributed by atoms with Gasteiger partial charge in [-0.2, -0.15) is 0 Å². The second-order valence-corrected chi connectivity index (χ2v) is 7.93. The minimum atomic E-state index is -0.661. The first-order valence-electron chi connectivity index (χ1n) is 9.23. The third-order valence-corrected chi connectivity index (χ3v) is 3.87. The molecule has 1 aliphatic rings. The van der Waals surface area contributed by atoms with Crippen molar-refractivity contribution in [2.24, 2.45) is 0 Å². The Morgan fingerprint density at radius 2 is 0.917 bits per heavy atom. The molecular formula is C18H41N3O3. The smallest absolute Gasteiger partial charge is 0.0718 e. The van der Waals surface area contributed by atoms with Crippen molar-refractivity contribution in [2.45, 2.75) is 52.7 Å². The highest BCUT2D eigenvalue weighted by molar-refractivity contribution is 4.79. The van der Waals surface area contributed by atoms with Gasteiger partial charge in [-0.1, -0.05) is 6.92 Å². The predicted octanol–water partition coefficient (Wildman–Crippen LogP) is 0.466. The van der Waals surface area contributed by atoms with Crippen LogP contribution in [0.4, 0.5) is 0 Å². The molecular weight excluding hydrogens is 306 g/mol. The number of hydrogen-bond donors (Lipinski definition) is 3. The summed E-state index contributed by atoms with van der Waals surface area (Å²) in [6.07, 6.45) is 0. The lowest BCUT2D eigenvalue weighted by Crippen LogP contribution is -2.45. The third-order valence-electron chi connectivity index (χ3n) is 3.87. The van der Waals surface area contributed by atoms with Crippen molar-refractivity contribution in [3.8, 4) is 0 Å². The van der Waals surface area contributed by atoms with Gasteiger partial charge in [0.15, 0.2) is 0 Å². The molecule has 1 heterocycles. The summed E-state index contributed by atoms with van der Waals surface area (Å²) in [6, 6.07) is 0. The van der Waals surface area contributed by atoms with Crippen molar-refractivity contribution in [3.05, 3.63) is 0 Å². The molecule has 0 bridgehead atoms. The molecule has 0 saturated carbocycles. The number of aliphatic hydroxyl groups is 3. The van der Waals surface area contributed by atoms with Gasteiger partial charge in [0.25, 0.3) is 0 Å². The Kier molecular flexibility index (Phi) is 11.3. The third kappa shape index (κ3) is 13.1. The van der Waals surface area contributed by atoms with Crippen LogP contribution in [0.15, 0.2) is 0 Å². The van der Waals surface area contributed by atoms with Crippen molar-refractivity contribution >= 4 is 0 Å². The van der Waals surface area contributed by atoms with Crippen LogP contribution in [0.2, 0.25) is 0 Å². The summed E-state index contributed by atoms with van der Waals surface area (Å²) in [4.78, 5) is 7.12. The van der Waals surface area contributed by atoms with E-state index in [1.54, 1.807) is 6.92 Å². The summed E-state index contributed by atoms with van der Waals surface area (Å²) in [6.45, 7) is 20.0. The molecule has 0 atom stereocenters. The highest BCUT2D eigenvalue weighted by Gasteiger charge is 2.23. The number of aliphatic hydroxyl groups excluding tert-OH is 1. The van der Waals surface area contributed by atoms with E-state index in [1.807, 2.05) is 27.7 Å². The van der Waals surface area contributed by atoms with Gasteiger partial charge in [0.1, 0.15) is 0 Å². The number of likely N-dealkylation sites (N-methyl/N-ethyl adjacent to an activating group) is 1. The maximum atomic E-state index is 10.1. The Hall–Kier alpha value is -0.240. The van der Waals surface area contributed by atoms with Crippen molar-refractivity contribution in [1.82, 2.24) is 14.7 Å². The molecule has 1 saturated heterocycles. The van der Waals surface area contributed by atoms with E-state index in [4.69, 9.17) is 5.11 Å². The topological polar surface area (TPSA) is 70.4 Å². The number of nitrogens with zero attached hydrogens (tertiary/aromatic N) is 3. The molecule has 3 N–H and O–H groups in total. The van der Waals surface area contributed by atoms with Gasteiger partial charge < -0.3 is 20.2 Å². The Labute approximate surface area is 149 Å². The molecule has 1 fully saturated rings. The highest BCUT2D eigenvalue weighted by Crippen LogP contribution is 2.10. The van der Waals surface area contributed by atoms with Gasteiger partial charge in [0.2, 0.25) is 0 Å². The molecule has 0 radical (unpaired) electrons. The normalized spacial score (nSPS) is 19.9. The molecule has 0 aliphatic carbocycles. The Bertz CT molecular complexity index is 286. The summed E-state index contributed by atoms with van der Waals surface area (Å²) in [7, 11) is 0. The van der Waals surface area contributed by atoms with Crippen LogP contribution in [-0.2, 0) is 0 Å². The van der Waals surface area contributed by atoms with E-state index in [9.17, 15) is 10.2 Å². The van der Waals surface area contributed by atoms with E-state index in [1.165, 1.54) is 0 Å². The van der Waals surface area contributed by atoms with Gasteiger partial charge in [-0.05, 0) is 41.2 Å². The van der Waals surface area contributed by atoms with E-state index in [0.29, 0.717) is 13.1 Å². The summed E-state index contributed by atoms with van der Waals surface area (Å²) in [5, 5.41) is 27.7. The second kappa shape index (κ2) is 11.4.